The van der Waals surface area contributed by atoms with Crippen LogP contribution in [0.2, 0.25) is 0 Å². The molecule has 0 radical (unpaired) electrons. The van der Waals surface area contributed by atoms with Gasteiger partial charge in [0.25, 0.3) is 0 Å². The lowest BCUT2D eigenvalue weighted by Crippen LogP contribution is -2.43. The Labute approximate surface area is 104 Å². The Bertz CT molecular complexity index is 370. The molecule has 1 aromatic carbocycles. The van der Waals surface area contributed by atoms with Gasteiger partial charge in [-0.2, -0.15) is 0 Å². The first-order valence-corrected chi connectivity index (χ1v) is 6.26. The van der Waals surface area contributed by atoms with Crippen LogP contribution >= 0.6 is 0 Å². The van der Waals surface area contributed by atoms with Crippen molar-refractivity contribution in [2.24, 2.45) is 0 Å². The van der Waals surface area contributed by atoms with E-state index in [1.54, 1.807) is 0 Å². The van der Waals surface area contributed by atoms with Gasteiger partial charge >= 0.3 is 0 Å². The molecule has 1 saturated heterocycles. The number of benzene rings is 1. The van der Waals surface area contributed by atoms with Crippen molar-refractivity contribution in [1.29, 1.82) is 0 Å². The van der Waals surface area contributed by atoms with E-state index >= 15 is 0 Å². The summed E-state index contributed by atoms with van der Waals surface area (Å²) >= 11 is 0. The molecule has 3 heteroatoms. The Morgan fingerprint density at radius 3 is 2.59 bits per heavy atom. The standard InChI is InChI=1S/C14H22N2O/c1-14(7-9-15-10-8-14)17-13-6-4-5-12(11-13)16(2)3/h4-6,11,15H,7-10H2,1-3H3. The predicted octanol–water partition coefficient (Wildman–Crippen LogP) is 2.27. The molecule has 1 N–H and O–H groups in total. The molecule has 94 valence electrons. The largest absolute Gasteiger partial charge is 0.487 e. The molecular formula is C14H22N2O. The fourth-order valence-electron chi connectivity index (χ4n) is 2.17. The van der Waals surface area contributed by atoms with Crippen molar-refractivity contribution in [3.05, 3.63) is 24.3 Å². The van der Waals surface area contributed by atoms with E-state index in [1.165, 1.54) is 5.69 Å². The van der Waals surface area contributed by atoms with E-state index in [9.17, 15) is 0 Å². The van der Waals surface area contributed by atoms with Gasteiger partial charge in [-0.25, -0.2) is 0 Å². The molecule has 0 amide bonds. The Morgan fingerprint density at radius 2 is 1.94 bits per heavy atom. The van der Waals surface area contributed by atoms with E-state index in [0.717, 1.165) is 31.7 Å². The fraction of sp³-hybridized carbons (Fsp3) is 0.571. The summed E-state index contributed by atoms with van der Waals surface area (Å²) in [7, 11) is 4.09. The Kier molecular flexibility index (Phi) is 3.57. The Balaban J connectivity index is 2.09. The van der Waals surface area contributed by atoms with Crippen molar-refractivity contribution in [2.75, 3.05) is 32.1 Å². The number of nitrogens with zero attached hydrogens (tertiary/aromatic N) is 1. The van der Waals surface area contributed by atoms with Crippen LogP contribution in [-0.4, -0.2) is 32.8 Å². The third-order valence-electron chi connectivity index (χ3n) is 3.36. The summed E-state index contributed by atoms with van der Waals surface area (Å²) in [5.74, 6) is 0.973. The topological polar surface area (TPSA) is 24.5 Å². The molecule has 2 rings (SSSR count). The van der Waals surface area contributed by atoms with E-state index in [-0.39, 0.29) is 5.60 Å². The molecular weight excluding hydrogens is 212 g/mol. The summed E-state index contributed by atoms with van der Waals surface area (Å²) in [6, 6.07) is 8.29. The minimum atomic E-state index is -0.0177. The summed E-state index contributed by atoms with van der Waals surface area (Å²) < 4.78 is 6.17. The zero-order chi connectivity index (χ0) is 12.3. The van der Waals surface area contributed by atoms with Crippen LogP contribution in [0, 0.1) is 0 Å². The van der Waals surface area contributed by atoms with Crippen molar-refractivity contribution in [3.8, 4) is 5.75 Å². The van der Waals surface area contributed by atoms with Crippen LogP contribution < -0.4 is 15.0 Å². The average molecular weight is 234 g/mol. The molecule has 0 unspecified atom stereocenters. The maximum atomic E-state index is 6.17. The van der Waals surface area contributed by atoms with Crippen molar-refractivity contribution in [2.45, 2.75) is 25.4 Å². The molecule has 1 aliphatic rings. The lowest BCUT2D eigenvalue weighted by atomic mass is 9.94. The lowest BCUT2D eigenvalue weighted by Gasteiger charge is -2.34. The normalized spacial score (nSPS) is 18.8. The first-order valence-electron chi connectivity index (χ1n) is 6.26. The van der Waals surface area contributed by atoms with E-state index in [4.69, 9.17) is 4.74 Å². The highest BCUT2D eigenvalue weighted by Gasteiger charge is 2.28. The molecule has 0 bridgehead atoms. The number of rotatable bonds is 3. The second-order valence-corrected chi connectivity index (χ2v) is 5.19. The third kappa shape index (κ3) is 3.13. The van der Waals surface area contributed by atoms with Gasteiger partial charge in [0.15, 0.2) is 0 Å². The van der Waals surface area contributed by atoms with Gasteiger partial charge in [-0.05, 0) is 45.0 Å². The molecule has 1 heterocycles. The molecule has 1 fully saturated rings. The summed E-state index contributed by atoms with van der Waals surface area (Å²) in [6.45, 7) is 4.30. The van der Waals surface area contributed by atoms with Crippen LogP contribution in [-0.2, 0) is 0 Å². The molecule has 3 nitrogen and oxygen atoms in total. The Morgan fingerprint density at radius 1 is 1.24 bits per heavy atom. The number of hydrogen-bond donors (Lipinski definition) is 1. The minimum absolute atomic E-state index is 0.0177. The van der Waals surface area contributed by atoms with Gasteiger partial charge in [-0.3, -0.25) is 0 Å². The number of hydrogen-bond acceptors (Lipinski definition) is 3. The van der Waals surface area contributed by atoms with Gasteiger partial charge < -0.3 is 15.0 Å². The third-order valence-corrected chi connectivity index (χ3v) is 3.36. The van der Waals surface area contributed by atoms with E-state index in [1.807, 2.05) is 20.2 Å². The highest BCUT2D eigenvalue weighted by Crippen LogP contribution is 2.28. The zero-order valence-corrected chi connectivity index (χ0v) is 11.0. The maximum Gasteiger partial charge on any atom is 0.122 e. The van der Waals surface area contributed by atoms with E-state index < -0.39 is 0 Å². The number of anilines is 1. The van der Waals surface area contributed by atoms with Gasteiger partial charge in [-0.15, -0.1) is 0 Å². The first kappa shape index (κ1) is 12.2. The summed E-state index contributed by atoms with van der Waals surface area (Å²) in [5.41, 5.74) is 1.16. The predicted molar refractivity (Wildman–Crippen MR) is 71.9 cm³/mol. The Hall–Kier alpha value is -1.22. The second kappa shape index (κ2) is 4.96. The van der Waals surface area contributed by atoms with Crippen LogP contribution in [0.3, 0.4) is 0 Å². The van der Waals surface area contributed by atoms with Crippen molar-refractivity contribution in [1.82, 2.24) is 5.32 Å². The van der Waals surface area contributed by atoms with Crippen LogP contribution in [0.25, 0.3) is 0 Å². The SMILES string of the molecule is CN(C)c1cccc(OC2(C)CCNCC2)c1. The van der Waals surface area contributed by atoms with Gasteiger partial charge in [0.05, 0.1) is 0 Å². The van der Waals surface area contributed by atoms with E-state index in [0.29, 0.717) is 0 Å². The smallest absolute Gasteiger partial charge is 0.122 e. The molecule has 0 aliphatic carbocycles. The van der Waals surface area contributed by atoms with Crippen molar-refractivity contribution in [3.63, 3.8) is 0 Å². The molecule has 1 aromatic rings. The number of nitrogens with one attached hydrogen (secondary N) is 1. The number of ether oxygens (including phenoxy) is 1. The highest BCUT2D eigenvalue weighted by atomic mass is 16.5. The van der Waals surface area contributed by atoms with Crippen LogP contribution in [0.4, 0.5) is 5.69 Å². The number of piperidine rings is 1. The molecule has 0 aromatic heterocycles. The van der Waals surface area contributed by atoms with Gasteiger partial charge in [-0.1, -0.05) is 6.07 Å². The van der Waals surface area contributed by atoms with Gasteiger partial charge in [0, 0.05) is 25.8 Å². The molecule has 1 aliphatic heterocycles. The minimum Gasteiger partial charge on any atom is -0.487 e. The summed E-state index contributed by atoms with van der Waals surface area (Å²) in [5, 5.41) is 3.37. The summed E-state index contributed by atoms with van der Waals surface area (Å²) in [4.78, 5) is 2.09. The van der Waals surface area contributed by atoms with E-state index in [2.05, 4.69) is 35.3 Å². The van der Waals surface area contributed by atoms with Crippen LogP contribution in [0.15, 0.2) is 24.3 Å². The van der Waals surface area contributed by atoms with Crippen molar-refractivity contribution >= 4 is 5.69 Å². The average Bonchev–Trinajstić information content (AvgIpc) is 2.29. The monoisotopic (exact) mass is 234 g/mol. The quantitative estimate of drug-likeness (QED) is 0.868. The first-order chi connectivity index (χ1) is 8.09. The van der Waals surface area contributed by atoms with Gasteiger partial charge in [0.1, 0.15) is 11.4 Å². The maximum absolute atomic E-state index is 6.17. The molecule has 17 heavy (non-hydrogen) atoms. The van der Waals surface area contributed by atoms with Crippen LogP contribution in [0.5, 0.6) is 5.75 Å². The summed E-state index contributed by atoms with van der Waals surface area (Å²) in [6.07, 6.45) is 2.14. The lowest BCUT2D eigenvalue weighted by molar-refractivity contribution is 0.0556. The molecule has 0 atom stereocenters. The zero-order valence-electron chi connectivity index (χ0n) is 11.0. The van der Waals surface area contributed by atoms with Gasteiger partial charge in [0.2, 0.25) is 0 Å². The fourth-order valence-corrected chi connectivity index (χ4v) is 2.17. The molecule has 0 spiro atoms. The second-order valence-electron chi connectivity index (χ2n) is 5.19. The molecule has 0 saturated carbocycles. The van der Waals surface area contributed by atoms with Crippen molar-refractivity contribution < 1.29 is 4.74 Å². The highest BCUT2D eigenvalue weighted by molar-refractivity contribution is 5.49. The van der Waals surface area contributed by atoms with Crippen LogP contribution in [0.1, 0.15) is 19.8 Å².